The van der Waals surface area contributed by atoms with Crippen LogP contribution in [-0.4, -0.2) is 12.1 Å². The van der Waals surface area contributed by atoms with Crippen LogP contribution in [0.25, 0.3) is 11.3 Å². The maximum atomic E-state index is 13.2. The van der Waals surface area contributed by atoms with Crippen molar-refractivity contribution in [2.75, 3.05) is 0 Å². The molecule has 1 amide bonds. The summed E-state index contributed by atoms with van der Waals surface area (Å²) >= 11 is 13.9. The predicted molar refractivity (Wildman–Crippen MR) is 140 cm³/mol. The van der Waals surface area contributed by atoms with Crippen LogP contribution in [0.5, 0.6) is 0 Å². The first kappa shape index (κ1) is 22.9. The fourth-order valence-corrected chi connectivity index (χ4v) is 5.85. The molecule has 4 aromatic rings. The van der Waals surface area contributed by atoms with Crippen molar-refractivity contribution in [2.24, 2.45) is 4.99 Å². The van der Waals surface area contributed by atoms with Crippen LogP contribution in [0.3, 0.4) is 0 Å². The molecule has 2 aromatic heterocycles. The van der Waals surface area contributed by atoms with Gasteiger partial charge in [0.15, 0.2) is 0 Å². The van der Waals surface area contributed by atoms with Gasteiger partial charge < -0.3 is 9.73 Å². The normalized spacial score (nSPS) is 13.2. The molecule has 0 radical (unpaired) electrons. The van der Waals surface area contributed by atoms with Crippen molar-refractivity contribution in [3.63, 3.8) is 0 Å². The van der Waals surface area contributed by atoms with E-state index in [0.29, 0.717) is 33.7 Å². The van der Waals surface area contributed by atoms with E-state index in [1.807, 2.05) is 48.5 Å². The van der Waals surface area contributed by atoms with Crippen molar-refractivity contribution in [3.8, 4) is 11.3 Å². The van der Waals surface area contributed by atoms with Crippen LogP contribution in [0, 0.1) is 0 Å². The maximum Gasteiger partial charge on any atom is 0.254 e. The molecule has 0 fully saturated rings. The topological polar surface area (TPSA) is 54.6 Å². The first-order valence-corrected chi connectivity index (χ1v) is 12.7. The minimum absolute atomic E-state index is 0.0801. The molecule has 1 aliphatic carbocycles. The molecule has 7 heteroatoms. The van der Waals surface area contributed by atoms with Gasteiger partial charge in [-0.15, -0.1) is 11.3 Å². The molecule has 34 heavy (non-hydrogen) atoms. The highest BCUT2D eigenvalue weighted by atomic mass is 35.5. The third-order valence-corrected chi connectivity index (χ3v) is 7.56. The molecule has 0 saturated carbocycles. The van der Waals surface area contributed by atoms with Gasteiger partial charge in [0, 0.05) is 22.0 Å². The highest BCUT2D eigenvalue weighted by molar-refractivity contribution is 7.16. The van der Waals surface area contributed by atoms with Crippen LogP contribution < -0.4 is 5.32 Å². The molecule has 0 bridgehead atoms. The second-order valence-electron chi connectivity index (χ2n) is 8.14. The summed E-state index contributed by atoms with van der Waals surface area (Å²) in [6.07, 6.45) is 5.81. The minimum Gasteiger partial charge on any atom is -0.455 e. The zero-order valence-corrected chi connectivity index (χ0v) is 20.6. The maximum absolute atomic E-state index is 13.2. The summed E-state index contributed by atoms with van der Waals surface area (Å²) in [6.45, 7) is 0.483. The number of nitrogens with one attached hydrogen (secondary N) is 1. The molecule has 1 aliphatic rings. The number of hydrogen-bond acceptors (Lipinski definition) is 4. The van der Waals surface area contributed by atoms with Crippen LogP contribution in [0.1, 0.15) is 45.0 Å². The Kier molecular flexibility index (Phi) is 6.86. The minimum atomic E-state index is -0.0801. The molecule has 0 saturated heterocycles. The molecular weight excluding hydrogens is 487 g/mol. The Labute approximate surface area is 212 Å². The lowest BCUT2D eigenvalue weighted by molar-refractivity contribution is 0.0951. The fraction of sp³-hybridized carbons (Fsp3) is 0.185. The van der Waals surface area contributed by atoms with Crippen LogP contribution >= 0.6 is 34.5 Å². The monoisotopic (exact) mass is 508 g/mol. The third kappa shape index (κ3) is 4.97. The predicted octanol–water partition coefficient (Wildman–Crippen LogP) is 7.87. The molecule has 0 aliphatic heterocycles. The van der Waals surface area contributed by atoms with E-state index >= 15 is 0 Å². The molecule has 0 unspecified atom stereocenters. The first-order valence-electron chi connectivity index (χ1n) is 11.1. The van der Waals surface area contributed by atoms with Crippen molar-refractivity contribution in [2.45, 2.75) is 32.2 Å². The Bertz CT molecular complexity index is 1360. The van der Waals surface area contributed by atoms with E-state index < -0.39 is 0 Å². The van der Waals surface area contributed by atoms with E-state index in [4.69, 9.17) is 27.6 Å². The Balaban J connectivity index is 1.40. The Morgan fingerprint density at radius 1 is 1.06 bits per heavy atom. The second kappa shape index (κ2) is 10.2. The number of benzene rings is 2. The number of aliphatic imine (C=N–C) groups is 1. The fourth-order valence-electron chi connectivity index (χ4n) is 4.12. The lowest BCUT2D eigenvalue weighted by Crippen LogP contribution is -2.24. The number of amides is 1. The van der Waals surface area contributed by atoms with Gasteiger partial charge >= 0.3 is 0 Å². The average molecular weight is 509 g/mol. The van der Waals surface area contributed by atoms with Crippen LogP contribution in [0.2, 0.25) is 10.0 Å². The zero-order chi connectivity index (χ0) is 23.5. The van der Waals surface area contributed by atoms with Crippen molar-refractivity contribution >= 4 is 51.7 Å². The van der Waals surface area contributed by atoms with Gasteiger partial charge in [-0.1, -0.05) is 53.5 Å². The smallest absolute Gasteiger partial charge is 0.254 e. The quantitative estimate of drug-likeness (QED) is 0.269. The molecule has 4 nitrogen and oxygen atoms in total. The zero-order valence-electron chi connectivity index (χ0n) is 18.3. The van der Waals surface area contributed by atoms with E-state index in [0.717, 1.165) is 47.4 Å². The number of carbonyl (C=O) groups excluding carboxylic acids is 1. The number of rotatable bonds is 6. The number of nitrogens with zero attached hydrogens (tertiary/aromatic N) is 1. The summed E-state index contributed by atoms with van der Waals surface area (Å²) < 4.78 is 5.95. The molecule has 0 atom stereocenters. The highest BCUT2D eigenvalue weighted by Gasteiger charge is 2.25. The van der Waals surface area contributed by atoms with Crippen molar-refractivity contribution in [1.82, 2.24) is 5.32 Å². The van der Waals surface area contributed by atoms with E-state index in [1.54, 1.807) is 29.7 Å². The Morgan fingerprint density at radius 2 is 1.88 bits per heavy atom. The van der Waals surface area contributed by atoms with E-state index in [9.17, 15) is 4.79 Å². The van der Waals surface area contributed by atoms with Crippen molar-refractivity contribution < 1.29 is 9.21 Å². The number of thiophene rings is 1. The van der Waals surface area contributed by atoms with Gasteiger partial charge in [0.2, 0.25) is 0 Å². The molecule has 2 heterocycles. The van der Waals surface area contributed by atoms with Gasteiger partial charge in [-0.2, -0.15) is 0 Å². The largest absolute Gasteiger partial charge is 0.455 e. The summed E-state index contributed by atoms with van der Waals surface area (Å²) in [4.78, 5) is 19.2. The number of fused-ring (bicyclic) bond motifs is 1. The SMILES string of the molecule is O=C(NCc1ccccc1)c1c(N=Cc2ccc(-c3ccc(Cl)cc3Cl)o2)sc2c1CCCC2. The summed E-state index contributed by atoms with van der Waals surface area (Å²) in [7, 11) is 0. The van der Waals surface area contributed by atoms with E-state index in [-0.39, 0.29) is 5.91 Å². The van der Waals surface area contributed by atoms with E-state index in [1.165, 1.54) is 4.88 Å². The molecule has 1 N–H and O–H groups in total. The van der Waals surface area contributed by atoms with Gasteiger partial charge in [-0.25, -0.2) is 4.99 Å². The summed E-state index contributed by atoms with van der Waals surface area (Å²) in [5, 5.41) is 4.89. The standard InChI is InChI=1S/C27H22Cl2N2O2S/c28-18-10-12-20(22(29)14-18)23-13-11-19(33-23)16-31-27-25(21-8-4-5-9-24(21)34-27)26(32)30-15-17-6-2-1-3-7-17/h1-3,6-7,10-14,16H,4-5,8-9,15H2,(H,30,32). The van der Waals surface area contributed by atoms with Gasteiger partial charge in [0.1, 0.15) is 16.5 Å². The number of furan rings is 1. The second-order valence-corrected chi connectivity index (χ2v) is 10.1. The lowest BCUT2D eigenvalue weighted by atomic mass is 9.95. The van der Waals surface area contributed by atoms with Crippen LogP contribution in [0.4, 0.5) is 5.00 Å². The third-order valence-electron chi connectivity index (χ3n) is 5.81. The number of aryl methyl sites for hydroxylation is 1. The summed E-state index contributed by atoms with van der Waals surface area (Å²) in [5.41, 5.74) is 3.66. The number of hydrogen-bond donors (Lipinski definition) is 1. The van der Waals surface area contributed by atoms with Gasteiger partial charge in [-0.05, 0) is 67.1 Å². The van der Waals surface area contributed by atoms with Crippen molar-refractivity contribution in [1.29, 1.82) is 0 Å². The van der Waals surface area contributed by atoms with Crippen LogP contribution in [0.15, 0.2) is 70.1 Å². The van der Waals surface area contributed by atoms with E-state index in [2.05, 4.69) is 10.3 Å². The Morgan fingerprint density at radius 3 is 2.71 bits per heavy atom. The highest BCUT2D eigenvalue weighted by Crippen LogP contribution is 2.40. The lowest BCUT2D eigenvalue weighted by Gasteiger charge is -2.12. The van der Waals surface area contributed by atoms with Gasteiger partial charge in [0.25, 0.3) is 5.91 Å². The number of carbonyl (C=O) groups is 1. The molecule has 172 valence electrons. The van der Waals surface area contributed by atoms with Crippen LogP contribution in [-0.2, 0) is 19.4 Å². The average Bonchev–Trinajstić information content (AvgIpc) is 3.46. The molecular formula is C27H22Cl2N2O2S. The molecule has 5 rings (SSSR count). The first-order chi connectivity index (χ1) is 16.6. The number of halogens is 2. The summed E-state index contributed by atoms with van der Waals surface area (Å²) in [6, 6.07) is 18.9. The molecule has 2 aromatic carbocycles. The molecule has 0 spiro atoms. The summed E-state index contributed by atoms with van der Waals surface area (Å²) in [5.74, 6) is 1.14. The van der Waals surface area contributed by atoms with Crippen molar-refractivity contribution in [3.05, 3.63) is 98.0 Å². The van der Waals surface area contributed by atoms with Gasteiger partial charge in [-0.3, -0.25) is 4.79 Å². The Hall–Kier alpha value is -2.86. The van der Waals surface area contributed by atoms with Gasteiger partial charge in [0.05, 0.1) is 16.8 Å².